The van der Waals surface area contributed by atoms with E-state index in [-0.39, 0.29) is 18.9 Å². The van der Waals surface area contributed by atoms with Gasteiger partial charge in [0.15, 0.2) is 5.82 Å². The normalized spacial score (nSPS) is 21.0. The Balaban J connectivity index is 2.18. The first-order valence-corrected chi connectivity index (χ1v) is 4.70. The van der Waals surface area contributed by atoms with Crippen LogP contribution in [0.2, 0.25) is 5.15 Å². The summed E-state index contributed by atoms with van der Waals surface area (Å²) in [5.74, 6) is -1.50. The summed E-state index contributed by atoms with van der Waals surface area (Å²) in [4.78, 5) is 23.5. The minimum Gasteiger partial charge on any atom is -0.481 e. The maximum Gasteiger partial charge on any atom is 0.308 e. The molecule has 1 atom stereocenters. The second-order valence-corrected chi connectivity index (χ2v) is 3.72. The first kappa shape index (κ1) is 9.97. The molecule has 0 radical (unpaired) electrons. The number of rotatable bonds is 2. The van der Waals surface area contributed by atoms with Gasteiger partial charge in [0.05, 0.1) is 5.92 Å². The molecular formula is C8H8ClN3O3. The number of nitrogens with one attached hydrogen (secondary N) is 1. The molecule has 6 nitrogen and oxygen atoms in total. The molecule has 1 saturated heterocycles. The summed E-state index contributed by atoms with van der Waals surface area (Å²) in [5, 5.41) is 15.4. The highest BCUT2D eigenvalue weighted by molar-refractivity contribution is 6.29. The minimum atomic E-state index is -0.965. The number of carbonyl (C=O) groups excluding carboxylic acids is 1. The molecule has 2 N–H and O–H groups in total. The van der Waals surface area contributed by atoms with Crippen molar-refractivity contribution in [1.82, 2.24) is 10.2 Å². The van der Waals surface area contributed by atoms with Gasteiger partial charge in [-0.15, -0.1) is 0 Å². The Morgan fingerprint density at radius 3 is 2.93 bits per heavy atom. The zero-order valence-electron chi connectivity index (χ0n) is 7.61. The van der Waals surface area contributed by atoms with Gasteiger partial charge in [0.2, 0.25) is 5.91 Å². The van der Waals surface area contributed by atoms with Crippen LogP contribution < -0.4 is 4.90 Å². The van der Waals surface area contributed by atoms with Crippen molar-refractivity contribution in [3.8, 4) is 0 Å². The number of H-pyrrole nitrogens is 1. The van der Waals surface area contributed by atoms with Gasteiger partial charge in [0, 0.05) is 19.0 Å². The molecule has 0 aromatic carbocycles. The Hall–Kier alpha value is -1.56. The number of carboxylic acid groups (broad SMARTS) is 1. The highest BCUT2D eigenvalue weighted by Crippen LogP contribution is 2.24. The lowest BCUT2D eigenvalue weighted by Gasteiger charge is -2.11. The number of anilines is 1. The van der Waals surface area contributed by atoms with E-state index in [1.54, 1.807) is 0 Å². The molecule has 1 aliphatic rings. The number of hydrogen-bond donors (Lipinski definition) is 2. The predicted molar refractivity (Wildman–Crippen MR) is 51.7 cm³/mol. The number of aromatic nitrogens is 2. The number of carboxylic acids is 1. The molecule has 0 bridgehead atoms. The van der Waals surface area contributed by atoms with Crippen LogP contribution in [0.4, 0.5) is 5.82 Å². The summed E-state index contributed by atoms with van der Waals surface area (Å²) in [5.41, 5.74) is 0. The Kier molecular flexibility index (Phi) is 2.36. The average Bonchev–Trinajstić information content (AvgIpc) is 2.71. The second kappa shape index (κ2) is 3.54. The van der Waals surface area contributed by atoms with Crippen molar-refractivity contribution in [3.05, 3.63) is 11.2 Å². The number of carbonyl (C=O) groups is 2. The number of nitrogens with zero attached hydrogens (tertiary/aromatic N) is 2. The fourth-order valence-electron chi connectivity index (χ4n) is 1.52. The first-order valence-electron chi connectivity index (χ1n) is 4.32. The Morgan fingerprint density at radius 2 is 2.47 bits per heavy atom. The predicted octanol–water partition coefficient (Wildman–Crippen LogP) is 0.501. The fraction of sp³-hybridized carbons (Fsp3) is 0.375. The third-order valence-corrected chi connectivity index (χ3v) is 2.48. The molecule has 7 heteroatoms. The molecule has 1 fully saturated rings. The van der Waals surface area contributed by atoms with Crippen LogP contribution in [0.3, 0.4) is 0 Å². The lowest BCUT2D eigenvalue weighted by atomic mass is 10.1. The molecule has 2 rings (SSSR count). The third kappa shape index (κ3) is 1.80. The number of aliphatic carboxylic acids is 1. The van der Waals surface area contributed by atoms with Gasteiger partial charge in [-0.05, 0) is 0 Å². The third-order valence-electron chi connectivity index (χ3n) is 2.28. The summed E-state index contributed by atoms with van der Waals surface area (Å²) in [6.45, 7) is 0.148. The van der Waals surface area contributed by atoms with Crippen molar-refractivity contribution in [3.63, 3.8) is 0 Å². The van der Waals surface area contributed by atoms with E-state index in [2.05, 4.69) is 10.2 Å². The standard InChI is InChI=1S/C8H8ClN3O3/c9-5-2-6(11-10-5)12-3-4(8(14)15)1-7(12)13/h2,4H,1,3H2,(H,10,11)(H,14,15). The molecule has 0 spiro atoms. The number of aromatic amines is 1. The summed E-state index contributed by atoms with van der Waals surface area (Å²) < 4.78 is 0. The van der Waals surface area contributed by atoms with Gasteiger partial charge in [0.25, 0.3) is 0 Å². The van der Waals surface area contributed by atoms with Crippen LogP contribution in [-0.2, 0) is 9.59 Å². The molecule has 2 heterocycles. The topological polar surface area (TPSA) is 86.3 Å². The van der Waals surface area contributed by atoms with Crippen molar-refractivity contribution in [2.75, 3.05) is 11.4 Å². The highest BCUT2D eigenvalue weighted by atomic mass is 35.5. The summed E-state index contributed by atoms with van der Waals surface area (Å²) in [6, 6.07) is 1.49. The molecular weight excluding hydrogens is 222 g/mol. The molecule has 1 aromatic rings. The van der Waals surface area contributed by atoms with E-state index in [9.17, 15) is 9.59 Å². The maximum absolute atomic E-state index is 11.5. The second-order valence-electron chi connectivity index (χ2n) is 3.32. The van der Waals surface area contributed by atoms with E-state index in [1.165, 1.54) is 11.0 Å². The van der Waals surface area contributed by atoms with Crippen molar-refractivity contribution >= 4 is 29.3 Å². The molecule has 80 valence electrons. The van der Waals surface area contributed by atoms with E-state index < -0.39 is 11.9 Å². The molecule has 15 heavy (non-hydrogen) atoms. The van der Waals surface area contributed by atoms with Crippen LogP contribution >= 0.6 is 11.6 Å². The quantitative estimate of drug-likeness (QED) is 0.773. The molecule has 1 aliphatic heterocycles. The SMILES string of the molecule is O=C(O)C1CC(=O)N(c2cc(Cl)[nH]n2)C1. The summed E-state index contributed by atoms with van der Waals surface area (Å²) >= 11 is 5.61. The van der Waals surface area contributed by atoms with E-state index in [0.717, 1.165) is 0 Å². The zero-order chi connectivity index (χ0) is 11.0. The number of hydrogen-bond acceptors (Lipinski definition) is 3. The Bertz CT molecular complexity index is 417. The smallest absolute Gasteiger partial charge is 0.308 e. The van der Waals surface area contributed by atoms with Gasteiger partial charge >= 0.3 is 5.97 Å². The van der Waals surface area contributed by atoms with Crippen molar-refractivity contribution in [1.29, 1.82) is 0 Å². The van der Waals surface area contributed by atoms with Gasteiger partial charge in [-0.3, -0.25) is 19.6 Å². The first-order chi connectivity index (χ1) is 7.08. The summed E-state index contributed by atoms with van der Waals surface area (Å²) in [6.07, 6.45) is 0.0137. The lowest BCUT2D eigenvalue weighted by molar-refractivity contribution is -0.141. The summed E-state index contributed by atoms with van der Waals surface area (Å²) in [7, 11) is 0. The van der Waals surface area contributed by atoms with E-state index in [1.807, 2.05) is 0 Å². The van der Waals surface area contributed by atoms with Crippen molar-refractivity contribution in [2.45, 2.75) is 6.42 Å². The van der Waals surface area contributed by atoms with Crippen molar-refractivity contribution < 1.29 is 14.7 Å². The van der Waals surface area contributed by atoms with Gasteiger partial charge in [-0.25, -0.2) is 0 Å². The van der Waals surface area contributed by atoms with Gasteiger partial charge in [-0.1, -0.05) is 11.6 Å². The Labute approximate surface area is 89.8 Å². The number of amides is 1. The van der Waals surface area contributed by atoms with E-state index in [0.29, 0.717) is 11.0 Å². The van der Waals surface area contributed by atoms with Crippen molar-refractivity contribution in [2.24, 2.45) is 5.92 Å². The minimum absolute atomic E-state index is 0.0137. The van der Waals surface area contributed by atoms with Gasteiger partial charge in [-0.2, -0.15) is 5.10 Å². The van der Waals surface area contributed by atoms with Crippen LogP contribution in [0.1, 0.15) is 6.42 Å². The largest absolute Gasteiger partial charge is 0.481 e. The van der Waals surface area contributed by atoms with Crippen LogP contribution in [0.15, 0.2) is 6.07 Å². The molecule has 0 saturated carbocycles. The van der Waals surface area contributed by atoms with E-state index in [4.69, 9.17) is 16.7 Å². The monoisotopic (exact) mass is 229 g/mol. The highest BCUT2D eigenvalue weighted by Gasteiger charge is 2.36. The fourth-order valence-corrected chi connectivity index (χ4v) is 1.66. The molecule has 0 aliphatic carbocycles. The van der Waals surface area contributed by atoms with Gasteiger partial charge < -0.3 is 5.11 Å². The molecule has 1 aromatic heterocycles. The van der Waals surface area contributed by atoms with E-state index >= 15 is 0 Å². The average molecular weight is 230 g/mol. The van der Waals surface area contributed by atoms with Crippen LogP contribution in [0.25, 0.3) is 0 Å². The van der Waals surface area contributed by atoms with Gasteiger partial charge in [0.1, 0.15) is 5.15 Å². The Morgan fingerprint density at radius 1 is 1.73 bits per heavy atom. The van der Waals surface area contributed by atoms with Crippen LogP contribution in [0.5, 0.6) is 0 Å². The molecule has 1 amide bonds. The van der Waals surface area contributed by atoms with Crippen LogP contribution in [-0.4, -0.2) is 33.7 Å². The number of halogens is 1. The maximum atomic E-state index is 11.5. The van der Waals surface area contributed by atoms with Crippen LogP contribution in [0, 0.1) is 5.92 Å². The zero-order valence-corrected chi connectivity index (χ0v) is 8.36. The lowest BCUT2D eigenvalue weighted by Crippen LogP contribution is -2.26. The molecule has 1 unspecified atom stereocenters.